The van der Waals surface area contributed by atoms with Crippen LogP contribution in [-0.2, 0) is 0 Å². The number of halogens is 5. The highest BCUT2D eigenvalue weighted by Gasteiger charge is 2.31. The maximum absolute atomic E-state index is 13.0. The average molecular weight is 291 g/mol. The molecule has 0 heterocycles. The van der Waals surface area contributed by atoms with Gasteiger partial charge in [0.05, 0.1) is 9.37 Å². The number of phenolic OH excluding ortho intramolecular Hbond substituents is 1. The number of hydrogen-bond acceptors (Lipinski definition) is 2. The van der Waals surface area contributed by atoms with Crippen molar-refractivity contribution >= 4 is 27.7 Å². The lowest BCUT2D eigenvalue weighted by molar-refractivity contribution is -0.0329. The number of phenols is 1. The maximum Gasteiger partial charge on any atom is 0.446 e. The molecule has 1 N–H and O–H groups in total. The Labute approximate surface area is 89.2 Å². The lowest BCUT2D eigenvalue weighted by Gasteiger charge is -2.07. The summed E-state index contributed by atoms with van der Waals surface area (Å²) in [6.07, 6.45) is 0. The fourth-order valence-corrected chi connectivity index (χ4v) is 1.96. The zero-order valence-electron chi connectivity index (χ0n) is 6.40. The van der Waals surface area contributed by atoms with Crippen molar-refractivity contribution in [1.82, 2.24) is 0 Å². The highest BCUT2D eigenvalue weighted by atomic mass is 79.9. The van der Waals surface area contributed by atoms with Crippen molar-refractivity contribution in [2.75, 3.05) is 0 Å². The molecule has 0 saturated heterocycles. The normalized spacial score (nSPS) is 11.8. The largest absolute Gasteiger partial charge is 0.508 e. The second kappa shape index (κ2) is 3.98. The maximum atomic E-state index is 13.0. The van der Waals surface area contributed by atoms with Gasteiger partial charge >= 0.3 is 5.51 Å². The first-order chi connectivity index (χ1) is 6.29. The third kappa shape index (κ3) is 3.06. The van der Waals surface area contributed by atoms with Crippen molar-refractivity contribution in [3.05, 3.63) is 22.4 Å². The van der Waals surface area contributed by atoms with Gasteiger partial charge in [-0.3, -0.25) is 0 Å². The zero-order valence-corrected chi connectivity index (χ0v) is 8.80. The average Bonchev–Trinajstić information content (AvgIpc) is 1.96. The number of hydrogen-bond donors (Lipinski definition) is 1. The molecule has 0 bridgehead atoms. The van der Waals surface area contributed by atoms with Crippen molar-refractivity contribution in [1.29, 1.82) is 0 Å². The Bertz CT molecular complexity index is 352. The Balaban J connectivity index is 3.09. The van der Waals surface area contributed by atoms with Gasteiger partial charge in [-0.05, 0) is 39.8 Å². The first-order valence-corrected chi connectivity index (χ1v) is 4.84. The van der Waals surface area contributed by atoms with Crippen molar-refractivity contribution < 1.29 is 22.7 Å². The standard InChI is InChI=1S/C7H3BrF4OS/c8-4-1-3(13)2-5(6(4)9)14-7(10,11)12/h1-2,13H. The van der Waals surface area contributed by atoms with E-state index in [1.165, 1.54) is 0 Å². The Kier molecular flexibility index (Phi) is 3.31. The molecule has 0 unspecified atom stereocenters. The van der Waals surface area contributed by atoms with Gasteiger partial charge in [-0.2, -0.15) is 13.2 Å². The molecule has 78 valence electrons. The van der Waals surface area contributed by atoms with Gasteiger partial charge in [-0.15, -0.1) is 0 Å². The molecule has 0 fully saturated rings. The van der Waals surface area contributed by atoms with E-state index in [4.69, 9.17) is 5.11 Å². The van der Waals surface area contributed by atoms with Gasteiger partial charge in [0.1, 0.15) is 5.75 Å². The Hall–Kier alpha value is -0.430. The van der Waals surface area contributed by atoms with Crippen LogP contribution in [0.25, 0.3) is 0 Å². The molecule has 1 rings (SSSR count). The molecule has 0 atom stereocenters. The third-order valence-electron chi connectivity index (χ3n) is 1.21. The third-order valence-corrected chi connectivity index (χ3v) is 2.53. The van der Waals surface area contributed by atoms with Crippen LogP contribution in [0.1, 0.15) is 0 Å². The summed E-state index contributed by atoms with van der Waals surface area (Å²) in [5.41, 5.74) is -4.58. The summed E-state index contributed by atoms with van der Waals surface area (Å²) < 4.78 is 48.5. The molecule has 0 aliphatic carbocycles. The fourth-order valence-electron chi connectivity index (χ4n) is 0.749. The molecule has 0 spiro atoms. The second-order valence-corrected chi connectivity index (χ2v) is 4.25. The lowest BCUT2D eigenvalue weighted by Crippen LogP contribution is -2.00. The van der Waals surface area contributed by atoms with Crippen LogP contribution in [0.15, 0.2) is 21.5 Å². The van der Waals surface area contributed by atoms with Crippen LogP contribution in [0, 0.1) is 5.82 Å². The summed E-state index contributed by atoms with van der Waals surface area (Å²) in [6, 6.07) is 1.70. The molecule has 0 radical (unpaired) electrons. The molecule has 0 aromatic heterocycles. The van der Waals surface area contributed by atoms with Crippen LogP contribution in [0.2, 0.25) is 0 Å². The number of benzene rings is 1. The van der Waals surface area contributed by atoms with Crippen LogP contribution < -0.4 is 0 Å². The zero-order chi connectivity index (χ0) is 10.9. The van der Waals surface area contributed by atoms with E-state index in [1.807, 2.05) is 0 Å². The number of alkyl halides is 3. The molecule has 1 aromatic carbocycles. The van der Waals surface area contributed by atoms with E-state index < -0.39 is 33.7 Å². The highest BCUT2D eigenvalue weighted by molar-refractivity contribution is 9.10. The van der Waals surface area contributed by atoms with Gasteiger partial charge in [0.15, 0.2) is 5.82 Å². The summed E-state index contributed by atoms with van der Waals surface area (Å²) in [5.74, 6) is -1.46. The molecule has 7 heteroatoms. The van der Waals surface area contributed by atoms with Crippen LogP contribution in [-0.4, -0.2) is 10.6 Å². The monoisotopic (exact) mass is 290 g/mol. The predicted octanol–water partition coefficient (Wildman–Crippen LogP) is 3.91. The molecule has 14 heavy (non-hydrogen) atoms. The van der Waals surface area contributed by atoms with Gasteiger partial charge < -0.3 is 5.11 Å². The van der Waals surface area contributed by atoms with E-state index in [0.717, 1.165) is 12.1 Å². The SMILES string of the molecule is Oc1cc(Br)c(F)c(SC(F)(F)F)c1. The smallest absolute Gasteiger partial charge is 0.446 e. The van der Waals surface area contributed by atoms with Crippen molar-refractivity contribution in [2.24, 2.45) is 0 Å². The molecule has 1 aromatic rings. The van der Waals surface area contributed by atoms with Gasteiger partial charge in [0.25, 0.3) is 0 Å². The van der Waals surface area contributed by atoms with Crippen LogP contribution in [0.5, 0.6) is 5.75 Å². The summed E-state index contributed by atoms with van der Waals surface area (Å²) in [6.45, 7) is 0. The predicted molar refractivity (Wildman–Crippen MR) is 47.7 cm³/mol. The Morgan fingerprint density at radius 2 is 1.86 bits per heavy atom. The summed E-state index contributed by atoms with van der Waals surface area (Å²) >= 11 is 2.08. The minimum atomic E-state index is -4.58. The van der Waals surface area contributed by atoms with E-state index in [9.17, 15) is 17.6 Å². The van der Waals surface area contributed by atoms with E-state index in [-0.39, 0.29) is 4.47 Å². The molecule has 0 amide bonds. The molecular formula is C7H3BrF4OS. The molecule has 1 nitrogen and oxygen atoms in total. The van der Waals surface area contributed by atoms with Gasteiger partial charge in [0, 0.05) is 0 Å². The Morgan fingerprint density at radius 1 is 1.29 bits per heavy atom. The van der Waals surface area contributed by atoms with Crippen molar-refractivity contribution in [3.63, 3.8) is 0 Å². The summed E-state index contributed by atoms with van der Waals surface area (Å²) in [4.78, 5) is -0.663. The topological polar surface area (TPSA) is 20.2 Å². The van der Waals surface area contributed by atoms with Crippen LogP contribution in [0.3, 0.4) is 0 Å². The van der Waals surface area contributed by atoms with E-state index >= 15 is 0 Å². The van der Waals surface area contributed by atoms with Gasteiger partial charge in [-0.25, -0.2) is 4.39 Å². The number of aromatic hydroxyl groups is 1. The summed E-state index contributed by atoms with van der Waals surface area (Å²) in [7, 11) is 0. The molecule has 0 saturated carbocycles. The molecule has 0 aliphatic rings. The van der Waals surface area contributed by atoms with Crippen molar-refractivity contribution in [2.45, 2.75) is 10.4 Å². The quantitative estimate of drug-likeness (QED) is 0.625. The summed E-state index contributed by atoms with van der Waals surface area (Å²) in [5, 5.41) is 8.94. The van der Waals surface area contributed by atoms with E-state index in [2.05, 4.69) is 15.9 Å². The van der Waals surface area contributed by atoms with Gasteiger partial charge in [0.2, 0.25) is 0 Å². The minimum absolute atomic E-state index is 0.204. The minimum Gasteiger partial charge on any atom is -0.508 e. The van der Waals surface area contributed by atoms with Gasteiger partial charge in [-0.1, -0.05) is 0 Å². The number of rotatable bonds is 1. The fraction of sp³-hybridized carbons (Fsp3) is 0.143. The van der Waals surface area contributed by atoms with Crippen LogP contribution >= 0.6 is 27.7 Å². The number of thioether (sulfide) groups is 1. The van der Waals surface area contributed by atoms with Crippen LogP contribution in [0.4, 0.5) is 17.6 Å². The second-order valence-electron chi connectivity index (χ2n) is 2.29. The van der Waals surface area contributed by atoms with E-state index in [1.54, 1.807) is 0 Å². The highest BCUT2D eigenvalue weighted by Crippen LogP contribution is 2.41. The first-order valence-electron chi connectivity index (χ1n) is 3.23. The molecule has 0 aliphatic heterocycles. The first kappa shape index (κ1) is 11.6. The Morgan fingerprint density at radius 3 is 2.36 bits per heavy atom. The lowest BCUT2D eigenvalue weighted by atomic mass is 10.3. The molecular weight excluding hydrogens is 288 g/mol. The van der Waals surface area contributed by atoms with Crippen molar-refractivity contribution in [3.8, 4) is 5.75 Å². The van der Waals surface area contributed by atoms with E-state index in [0.29, 0.717) is 0 Å².